The van der Waals surface area contributed by atoms with Crippen molar-refractivity contribution in [3.8, 4) is 0 Å². The Morgan fingerprint density at radius 3 is 2.87 bits per heavy atom. The number of rotatable bonds is 2. The molecule has 1 aromatic carbocycles. The molecule has 3 rings (SSSR count). The number of aromatic nitrogens is 1. The predicted octanol–water partition coefficient (Wildman–Crippen LogP) is 2.01. The van der Waals surface area contributed by atoms with Crippen LogP contribution < -0.4 is 9.70 Å². The van der Waals surface area contributed by atoms with Gasteiger partial charge in [-0.15, -0.1) is 11.3 Å². The van der Waals surface area contributed by atoms with E-state index in [2.05, 4.69) is 4.99 Å². The summed E-state index contributed by atoms with van der Waals surface area (Å²) in [5, 5.41) is 1.84. The summed E-state index contributed by atoms with van der Waals surface area (Å²) in [6.45, 7) is 1.90. The third-order valence-corrected chi connectivity index (χ3v) is 4.75. The van der Waals surface area contributed by atoms with Gasteiger partial charge >= 0.3 is 0 Å². The van der Waals surface area contributed by atoms with Crippen LogP contribution in [0, 0.1) is 18.7 Å². The minimum atomic E-state index is -0.492. The molecule has 1 aliphatic rings. The van der Waals surface area contributed by atoms with Gasteiger partial charge in [0.2, 0.25) is 5.91 Å². The van der Waals surface area contributed by atoms with Crippen LogP contribution in [0.2, 0.25) is 0 Å². The van der Waals surface area contributed by atoms with E-state index in [0.29, 0.717) is 16.1 Å². The Kier molecular flexibility index (Phi) is 4.12. The van der Waals surface area contributed by atoms with Gasteiger partial charge in [0.25, 0.3) is 5.91 Å². The smallest absolute Gasteiger partial charge is 0.253 e. The van der Waals surface area contributed by atoms with Crippen molar-refractivity contribution in [2.45, 2.75) is 13.3 Å². The lowest BCUT2D eigenvalue weighted by Gasteiger charge is -2.16. The highest BCUT2D eigenvalue weighted by molar-refractivity contribution is 7.07. The molecule has 0 bridgehead atoms. The number of aryl methyl sites for hydroxylation is 2. The lowest BCUT2D eigenvalue weighted by atomic mass is 10.1. The fraction of sp³-hybridized carbons (Fsp3) is 0.312. The molecule has 0 aliphatic carbocycles. The third-order valence-electron chi connectivity index (χ3n) is 3.91. The second-order valence-electron chi connectivity index (χ2n) is 5.59. The molecule has 1 fully saturated rings. The largest absolute Gasteiger partial charge is 0.327 e. The van der Waals surface area contributed by atoms with Crippen LogP contribution in [-0.4, -0.2) is 22.9 Å². The minimum Gasteiger partial charge on any atom is -0.327 e. The van der Waals surface area contributed by atoms with Crippen molar-refractivity contribution < 1.29 is 14.0 Å². The molecule has 5 nitrogen and oxygen atoms in total. The standard InChI is InChI=1S/C16H16FN3O2S/c1-10-3-4-12(8-13(10)17)20-9-11(7-14(20)21)15(22)18-16-19(2)5-6-23-16/h3-6,8,11H,7,9H2,1-2H3. The summed E-state index contributed by atoms with van der Waals surface area (Å²) in [6, 6.07) is 4.65. The van der Waals surface area contributed by atoms with E-state index < -0.39 is 5.92 Å². The zero-order valence-electron chi connectivity index (χ0n) is 12.8. The van der Waals surface area contributed by atoms with Crippen LogP contribution in [0.25, 0.3) is 0 Å². The summed E-state index contributed by atoms with van der Waals surface area (Å²) in [5.41, 5.74) is 1.00. The summed E-state index contributed by atoms with van der Waals surface area (Å²) in [4.78, 5) is 30.6. The molecule has 1 aliphatic heterocycles. The van der Waals surface area contributed by atoms with Gasteiger partial charge in [-0.25, -0.2) is 4.39 Å². The normalized spacial score (nSPS) is 18.7. The molecule has 2 aromatic rings. The third kappa shape index (κ3) is 3.10. The van der Waals surface area contributed by atoms with Crippen LogP contribution in [0.3, 0.4) is 0 Å². The maximum atomic E-state index is 13.7. The number of hydrogen-bond acceptors (Lipinski definition) is 3. The Bertz CT molecular complexity index is 840. The van der Waals surface area contributed by atoms with Gasteiger partial charge in [-0.05, 0) is 24.6 Å². The maximum Gasteiger partial charge on any atom is 0.253 e. The van der Waals surface area contributed by atoms with Crippen molar-refractivity contribution in [1.29, 1.82) is 0 Å². The molecule has 1 atom stereocenters. The molecular formula is C16H16FN3O2S. The molecule has 1 unspecified atom stereocenters. The van der Waals surface area contributed by atoms with Gasteiger partial charge in [0.1, 0.15) is 5.82 Å². The van der Waals surface area contributed by atoms with E-state index in [-0.39, 0.29) is 30.6 Å². The molecular weight excluding hydrogens is 317 g/mol. The Morgan fingerprint density at radius 1 is 1.43 bits per heavy atom. The summed E-state index contributed by atoms with van der Waals surface area (Å²) in [5.74, 6) is -1.35. The van der Waals surface area contributed by atoms with Gasteiger partial charge in [0.05, 0.1) is 5.92 Å². The second-order valence-corrected chi connectivity index (χ2v) is 6.46. The van der Waals surface area contributed by atoms with E-state index in [4.69, 9.17) is 0 Å². The van der Waals surface area contributed by atoms with Crippen LogP contribution in [0.5, 0.6) is 0 Å². The first-order chi connectivity index (χ1) is 11.0. The molecule has 2 heterocycles. The van der Waals surface area contributed by atoms with Crippen LogP contribution in [0.15, 0.2) is 34.8 Å². The topological polar surface area (TPSA) is 54.7 Å². The summed E-state index contributed by atoms with van der Waals surface area (Å²) in [7, 11) is 1.81. The lowest BCUT2D eigenvalue weighted by molar-refractivity contribution is -0.123. The fourth-order valence-electron chi connectivity index (χ4n) is 2.49. The summed E-state index contributed by atoms with van der Waals surface area (Å²) >= 11 is 1.37. The van der Waals surface area contributed by atoms with Gasteiger partial charge in [0, 0.05) is 37.3 Å². The van der Waals surface area contributed by atoms with Gasteiger partial charge < -0.3 is 9.47 Å². The number of amides is 2. The first kappa shape index (κ1) is 15.6. The molecule has 120 valence electrons. The van der Waals surface area contributed by atoms with Crippen molar-refractivity contribution in [1.82, 2.24) is 4.57 Å². The number of hydrogen-bond donors (Lipinski definition) is 0. The van der Waals surface area contributed by atoms with E-state index in [9.17, 15) is 14.0 Å². The lowest BCUT2D eigenvalue weighted by Crippen LogP contribution is -2.26. The fourth-order valence-corrected chi connectivity index (χ4v) is 3.23. The molecule has 0 radical (unpaired) electrons. The Hall–Kier alpha value is -2.28. The number of carbonyl (C=O) groups excluding carboxylic acids is 2. The number of nitrogens with zero attached hydrogens (tertiary/aromatic N) is 3. The Balaban J connectivity index is 1.81. The predicted molar refractivity (Wildman–Crippen MR) is 85.5 cm³/mol. The molecule has 23 heavy (non-hydrogen) atoms. The molecule has 1 aromatic heterocycles. The highest BCUT2D eigenvalue weighted by Crippen LogP contribution is 2.27. The number of thiazole rings is 1. The second kappa shape index (κ2) is 6.08. The van der Waals surface area contributed by atoms with E-state index in [1.165, 1.54) is 22.3 Å². The van der Waals surface area contributed by atoms with Crippen LogP contribution in [0.4, 0.5) is 10.1 Å². The minimum absolute atomic E-state index is 0.104. The Labute approximate surface area is 136 Å². The number of benzene rings is 1. The van der Waals surface area contributed by atoms with Crippen molar-refractivity contribution in [3.05, 3.63) is 46.0 Å². The van der Waals surface area contributed by atoms with Crippen molar-refractivity contribution in [2.24, 2.45) is 18.0 Å². The molecule has 0 saturated carbocycles. The van der Waals surface area contributed by atoms with Crippen molar-refractivity contribution in [3.63, 3.8) is 0 Å². The van der Waals surface area contributed by atoms with E-state index in [1.807, 2.05) is 18.6 Å². The van der Waals surface area contributed by atoms with Crippen LogP contribution in [0.1, 0.15) is 12.0 Å². The van der Waals surface area contributed by atoms with Crippen molar-refractivity contribution in [2.75, 3.05) is 11.4 Å². The molecule has 2 amide bonds. The SMILES string of the molecule is Cc1ccc(N2CC(C(=O)N=c3sccn3C)CC2=O)cc1F. The molecule has 7 heteroatoms. The monoisotopic (exact) mass is 333 g/mol. The van der Waals surface area contributed by atoms with Gasteiger partial charge in [-0.3, -0.25) is 9.59 Å². The maximum absolute atomic E-state index is 13.7. The number of carbonyl (C=O) groups is 2. The summed E-state index contributed by atoms with van der Waals surface area (Å²) < 4.78 is 15.4. The highest BCUT2D eigenvalue weighted by atomic mass is 32.1. The zero-order valence-corrected chi connectivity index (χ0v) is 13.6. The van der Waals surface area contributed by atoms with Gasteiger partial charge in [-0.2, -0.15) is 4.99 Å². The average Bonchev–Trinajstić information content (AvgIpc) is 3.09. The van der Waals surface area contributed by atoms with Gasteiger partial charge in [0.15, 0.2) is 4.80 Å². The zero-order chi connectivity index (χ0) is 16.6. The first-order valence-electron chi connectivity index (χ1n) is 7.21. The van der Waals surface area contributed by atoms with Crippen molar-refractivity contribution >= 4 is 28.8 Å². The first-order valence-corrected chi connectivity index (χ1v) is 8.09. The molecule has 0 N–H and O–H groups in total. The van der Waals surface area contributed by atoms with E-state index in [1.54, 1.807) is 23.6 Å². The van der Waals surface area contributed by atoms with E-state index >= 15 is 0 Å². The Morgan fingerprint density at radius 2 is 2.22 bits per heavy atom. The van der Waals surface area contributed by atoms with E-state index in [0.717, 1.165) is 0 Å². The summed E-state index contributed by atoms with van der Waals surface area (Å²) in [6.07, 6.45) is 1.92. The van der Waals surface area contributed by atoms with Crippen LogP contribution >= 0.6 is 11.3 Å². The highest BCUT2D eigenvalue weighted by Gasteiger charge is 2.35. The number of anilines is 1. The molecule has 1 saturated heterocycles. The average molecular weight is 333 g/mol. The van der Waals surface area contributed by atoms with Crippen LogP contribution in [-0.2, 0) is 16.6 Å². The number of halogens is 1. The van der Waals surface area contributed by atoms with Gasteiger partial charge in [-0.1, -0.05) is 6.07 Å². The molecule has 0 spiro atoms. The quantitative estimate of drug-likeness (QED) is 0.844.